The average Bonchev–Trinajstić information content (AvgIpc) is 3.45. The smallest absolute Gasteiger partial charge is 0.341 e. The second-order valence-electron chi connectivity index (χ2n) is 11.4. The zero-order chi connectivity index (χ0) is 32.8. The summed E-state index contributed by atoms with van der Waals surface area (Å²) < 4.78 is 5.21. The van der Waals surface area contributed by atoms with Crippen molar-refractivity contribution in [2.45, 2.75) is 42.2 Å². The molecule has 3 N–H and O–H groups in total. The van der Waals surface area contributed by atoms with E-state index in [1.807, 2.05) is 91.9 Å². The summed E-state index contributed by atoms with van der Waals surface area (Å²) in [6.07, 6.45) is 2.51. The van der Waals surface area contributed by atoms with Gasteiger partial charge in [-0.3, -0.25) is 4.79 Å². The molecular weight excluding hydrogens is 643 g/mol. The molecule has 9 heteroatoms. The number of thioether (sulfide) groups is 1. The van der Waals surface area contributed by atoms with Crippen LogP contribution in [-0.2, 0) is 22.4 Å². The van der Waals surface area contributed by atoms with E-state index >= 15 is 0 Å². The number of aryl methyl sites for hydroxylation is 1. The number of fused-ring (bicyclic) bond motifs is 1. The number of esters is 1. The maximum atomic E-state index is 14.1. The van der Waals surface area contributed by atoms with E-state index in [0.29, 0.717) is 21.6 Å². The Morgan fingerprint density at radius 2 is 1.57 bits per heavy atom. The maximum Gasteiger partial charge on any atom is 0.341 e. The number of benzene rings is 4. The summed E-state index contributed by atoms with van der Waals surface area (Å²) in [5, 5.41) is 10.1. The Hall–Kier alpha value is -4.44. The van der Waals surface area contributed by atoms with E-state index in [0.717, 1.165) is 51.5 Å². The van der Waals surface area contributed by atoms with Gasteiger partial charge in [-0.1, -0.05) is 84.4 Å². The van der Waals surface area contributed by atoms with Crippen LogP contribution < -0.4 is 16.0 Å². The van der Waals surface area contributed by atoms with Crippen LogP contribution in [-0.4, -0.2) is 24.1 Å². The van der Waals surface area contributed by atoms with E-state index in [4.69, 9.17) is 17.0 Å². The number of rotatable bonds is 9. The topological polar surface area (TPSA) is 79.5 Å². The molecule has 5 aromatic rings. The van der Waals surface area contributed by atoms with E-state index in [1.54, 1.807) is 0 Å². The number of hydrogen-bond donors (Lipinski definition) is 3. The van der Waals surface area contributed by atoms with Crippen LogP contribution in [0.15, 0.2) is 114 Å². The molecular formula is C38H35N3O3S3. The van der Waals surface area contributed by atoms with Gasteiger partial charge in [-0.2, -0.15) is 0 Å². The number of amides is 1. The summed E-state index contributed by atoms with van der Waals surface area (Å²) in [5.74, 6) is -0.266. The molecule has 0 aliphatic heterocycles. The summed E-state index contributed by atoms with van der Waals surface area (Å²) in [6, 6.07) is 36.0. The van der Waals surface area contributed by atoms with E-state index in [1.165, 1.54) is 41.3 Å². The van der Waals surface area contributed by atoms with E-state index in [9.17, 15) is 9.59 Å². The Kier molecular flexibility index (Phi) is 10.4. The van der Waals surface area contributed by atoms with Crippen LogP contribution in [0.1, 0.15) is 55.1 Å². The number of hydrogen-bond acceptors (Lipinski definition) is 6. The lowest BCUT2D eigenvalue weighted by atomic mass is 9.83. The van der Waals surface area contributed by atoms with Crippen molar-refractivity contribution in [2.75, 3.05) is 23.1 Å². The van der Waals surface area contributed by atoms with Gasteiger partial charge < -0.3 is 20.7 Å². The van der Waals surface area contributed by atoms with Gasteiger partial charge in [-0.25, -0.2) is 4.79 Å². The molecule has 0 bridgehead atoms. The fourth-order valence-electron chi connectivity index (χ4n) is 5.79. The molecule has 47 heavy (non-hydrogen) atoms. The fraction of sp³-hybridized carbons (Fsp3) is 0.184. The standard InChI is InChI=1S/C38H35N3O3S3/c1-24-16-19-28(20-17-24)39-38(45)40-29-14-9-15-30(23-29)46-34(26-12-7-4-8-13-26)35(42)41-36-33(37(43)44-2)31-21-18-27(22-32(31)47-36)25-10-5-3-6-11-25/h3-17,19-20,23,27,34H,18,21-22H2,1-2H3,(H,41,42)(H2,39,40,45). The molecule has 6 nitrogen and oxygen atoms in total. The quantitative estimate of drug-likeness (QED) is 0.0815. The molecule has 0 saturated carbocycles. The lowest BCUT2D eigenvalue weighted by Crippen LogP contribution is -2.20. The van der Waals surface area contributed by atoms with Crippen LogP contribution >= 0.6 is 35.3 Å². The van der Waals surface area contributed by atoms with Gasteiger partial charge in [-0.05, 0) is 91.3 Å². The van der Waals surface area contributed by atoms with Gasteiger partial charge >= 0.3 is 5.97 Å². The van der Waals surface area contributed by atoms with Crippen LogP contribution in [0.2, 0.25) is 0 Å². The second-order valence-corrected chi connectivity index (χ2v) is 14.1. The summed E-state index contributed by atoms with van der Waals surface area (Å²) in [5.41, 5.74) is 6.49. The number of thiophene rings is 1. The minimum atomic E-state index is -0.578. The van der Waals surface area contributed by atoms with Crippen LogP contribution in [0.5, 0.6) is 0 Å². The van der Waals surface area contributed by atoms with E-state index in [2.05, 4.69) is 40.2 Å². The predicted octanol–water partition coefficient (Wildman–Crippen LogP) is 9.40. The van der Waals surface area contributed by atoms with E-state index < -0.39 is 11.2 Å². The van der Waals surface area contributed by atoms with Gasteiger partial charge in [0.25, 0.3) is 0 Å². The first-order chi connectivity index (χ1) is 22.9. The van der Waals surface area contributed by atoms with Gasteiger partial charge in [0.15, 0.2) is 5.11 Å². The van der Waals surface area contributed by atoms with Crippen molar-refractivity contribution in [1.29, 1.82) is 0 Å². The van der Waals surface area contributed by atoms with Crippen LogP contribution in [0.4, 0.5) is 16.4 Å². The number of nitrogens with one attached hydrogen (secondary N) is 3. The summed E-state index contributed by atoms with van der Waals surface area (Å²) in [6.45, 7) is 2.04. The van der Waals surface area contributed by atoms with Crippen molar-refractivity contribution >= 4 is 68.7 Å². The number of carbonyl (C=O) groups is 2. The molecule has 2 atom stereocenters. The molecule has 1 aliphatic rings. The van der Waals surface area contributed by atoms with Crippen molar-refractivity contribution < 1.29 is 14.3 Å². The first kappa shape index (κ1) is 32.5. The van der Waals surface area contributed by atoms with Crippen molar-refractivity contribution in [2.24, 2.45) is 0 Å². The molecule has 1 amide bonds. The number of methoxy groups -OCH3 is 1. The highest BCUT2D eigenvalue weighted by Crippen LogP contribution is 2.44. The maximum absolute atomic E-state index is 14.1. The summed E-state index contributed by atoms with van der Waals surface area (Å²) in [7, 11) is 1.39. The highest BCUT2D eigenvalue weighted by atomic mass is 32.2. The molecule has 1 aliphatic carbocycles. The molecule has 2 unspecified atom stereocenters. The Labute approximate surface area is 289 Å². The monoisotopic (exact) mass is 677 g/mol. The summed E-state index contributed by atoms with van der Waals surface area (Å²) in [4.78, 5) is 29.3. The lowest BCUT2D eigenvalue weighted by molar-refractivity contribution is -0.115. The molecule has 0 spiro atoms. The molecule has 0 radical (unpaired) electrons. The van der Waals surface area contributed by atoms with Crippen molar-refractivity contribution in [3.8, 4) is 0 Å². The number of ether oxygens (including phenoxy) is 1. The predicted molar refractivity (Wildman–Crippen MR) is 198 cm³/mol. The largest absolute Gasteiger partial charge is 0.465 e. The zero-order valence-corrected chi connectivity index (χ0v) is 28.6. The van der Waals surface area contributed by atoms with Gasteiger partial charge in [0, 0.05) is 21.1 Å². The van der Waals surface area contributed by atoms with Crippen LogP contribution in [0.25, 0.3) is 0 Å². The second kappa shape index (κ2) is 15.0. The van der Waals surface area contributed by atoms with Gasteiger partial charge in [0.05, 0.1) is 12.7 Å². The van der Waals surface area contributed by atoms with E-state index in [-0.39, 0.29) is 5.91 Å². The normalized spacial score (nSPS) is 14.4. The third-order valence-electron chi connectivity index (χ3n) is 8.16. The van der Waals surface area contributed by atoms with Crippen molar-refractivity contribution in [3.63, 3.8) is 0 Å². The Balaban J connectivity index is 1.22. The fourth-order valence-corrected chi connectivity index (χ4v) is 8.43. The van der Waals surface area contributed by atoms with Crippen LogP contribution in [0, 0.1) is 6.92 Å². The first-order valence-corrected chi connectivity index (χ1v) is 17.5. The van der Waals surface area contributed by atoms with Crippen molar-refractivity contribution in [3.05, 3.63) is 142 Å². The highest BCUT2D eigenvalue weighted by molar-refractivity contribution is 8.00. The van der Waals surface area contributed by atoms with Crippen molar-refractivity contribution in [1.82, 2.24) is 0 Å². The Morgan fingerprint density at radius 1 is 0.872 bits per heavy atom. The lowest BCUT2D eigenvalue weighted by Gasteiger charge is -2.22. The third kappa shape index (κ3) is 7.93. The Bertz CT molecular complexity index is 1880. The van der Waals surface area contributed by atoms with Gasteiger partial charge in [-0.15, -0.1) is 23.1 Å². The molecule has 0 fully saturated rings. The first-order valence-electron chi connectivity index (χ1n) is 15.4. The number of anilines is 3. The summed E-state index contributed by atoms with van der Waals surface area (Å²) >= 11 is 8.49. The van der Waals surface area contributed by atoms with Gasteiger partial charge in [0.2, 0.25) is 5.91 Å². The number of carbonyl (C=O) groups excluding carboxylic acids is 2. The molecule has 0 saturated heterocycles. The highest BCUT2D eigenvalue weighted by Gasteiger charge is 2.32. The SMILES string of the molecule is COC(=O)c1c(NC(=O)C(Sc2cccc(NC(=S)Nc3ccc(C)cc3)c2)c2ccccc2)sc2c1CCC(c1ccccc1)C2. The minimum absolute atomic E-state index is 0.209. The molecule has 238 valence electrons. The molecule has 4 aromatic carbocycles. The van der Waals surface area contributed by atoms with Gasteiger partial charge in [0.1, 0.15) is 10.3 Å². The molecule has 1 aromatic heterocycles. The molecule has 1 heterocycles. The van der Waals surface area contributed by atoms with Crippen LogP contribution in [0.3, 0.4) is 0 Å². The zero-order valence-electron chi connectivity index (χ0n) is 26.1. The Morgan fingerprint density at radius 3 is 2.30 bits per heavy atom. The third-order valence-corrected chi connectivity index (χ3v) is 10.8. The molecule has 6 rings (SSSR count). The minimum Gasteiger partial charge on any atom is -0.465 e. The number of thiocarbonyl (C=S) groups is 1. The average molecular weight is 678 g/mol.